The van der Waals surface area contributed by atoms with Gasteiger partial charge in [0.15, 0.2) is 11.5 Å². The summed E-state index contributed by atoms with van der Waals surface area (Å²) in [5.41, 5.74) is 2.70. The lowest BCUT2D eigenvalue weighted by Gasteiger charge is -2.58. The molecule has 0 spiro atoms. The van der Waals surface area contributed by atoms with E-state index in [1.54, 1.807) is 14.2 Å². The Morgan fingerprint density at radius 3 is 2.70 bits per heavy atom. The molecule has 0 aromatic heterocycles. The van der Waals surface area contributed by atoms with Crippen molar-refractivity contribution in [2.75, 3.05) is 27.8 Å². The predicted octanol–water partition coefficient (Wildman–Crippen LogP) is 2.57. The van der Waals surface area contributed by atoms with Crippen LogP contribution in [0.3, 0.4) is 0 Å². The van der Waals surface area contributed by atoms with Crippen molar-refractivity contribution in [3.63, 3.8) is 0 Å². The lowest BCUT2D eigenvalue weighted by molar-refractivity contribution is -0.126. The fourth-order valence-corrected chi connectivity index (χ4v) is 5.35. The Labute approximate surface area is 137 Å². The highest BCUT2D eigenvalue weighted by Gasteiger charge is 2.55. The highest BCUT2D eigenvalue weighted by atomic mass is 16.5. The number of likely N-dealkylation sites (tertiary alicyclic amines) is 1. The van der Waals surface area contributed by atoms with Gasteiger partial charge >= 0.3 is 0 Å². The number of likely N-dealkylation sites (N-methyl/N-ethyl adjacent to an activating group) is 1. The van der Waals surface area contributed by atoms with Gasteiger partial charge in [-0.2, -0.15) is 0 Å². The molecule has 1 saturated carbocycles. The summed E-state index contributed by atoms with van der Waals surface area (Å²) < 4.78 is 11.0. The first-order valence-corrected chi connectivity index (χ1v) is 8.56. The van der Waals surface area contributed by atoms with Crippen LogP contribution in [0.1, 0.15) is 36.8 Å². The predicted molar refractivity (Wildman–Crippen MR) is 88.3 cm³/mol. The largest absolute Gasteiger partial charge is 0.493 e. The summed E-state index contributed by atoms with van der Waals surface area (Å²) in [6.07, 6.45) is 4.59. The summed E-state index contributed by atoms with van der Waals surface area (Å²) in [5.74, 6) is 2.59. The van der Waals surface area contributed by atoms with Crippen molar-refractivity contribution in [2.45, 2.75) is 43.6 Å². The van der Waals surface area contributed by atoms with Crippen molar-refractivity contribution in [3.8, 4) is 11.5 Å². The van der Waals surface area contributed by atoms with Crippen molar-refractivity contribution in [1.29, 1.82) is 0 Å². The summed E-state index contributed by atoms with van der Waals surface area (Å²) >= 11 is 0. The number of ether oxygens (including phenoxy) is 2. The number of carbonyl (C=O) groups is 1. The van der Waals surface area contributed by atoms with E-state index in [0.717, 1.165) is 43.7 Å². The first-order valence-electron chi connectivity index (χ1n) is 8.56. The van der Waals surface area contributed by atoms with Crippen molar-refractivity contribution < 1.29 is 14.3 Å². The van der Waals surface area contributed by atoms with Crippen molar-refractivity contribution in [2.24, 2.45) is 5.92 Å². The maximum Gasteiger partial charge on any atom is 0.161 e. The SMILES string of the molecule is COc1cc2c(cc1OC)[C@@]13CCN(C)[C@@H](C2)C1CCC(=O)C3. The first-order chi connectivity index (χ1) is 11.1. The lowest BCUT2D eigenvalue weighted by Crippen LogP contribution is -2.60. The van der Waals surface area contributed by atoms with Crippen LogP contribution in [0.2, 0.25) is 0 Å². The zero-order valence-corrected chi connectivity index (χ0v) is 14.2. The fraction of sp³-hybridized carbons (Fsp3) is 0.632. The maximum absolute atomic E-state index is 12.3. The Balaban J connectivity index is 1.91. The molecular weight excluding hydrogens is 290 g/mol. The Morgan fingerprint density at radius 1 is 1.22 bits per heavy atom. The van der Waals surface area contributed by atoms with Gasteiger partial charge in [0.25, 0.3) is 0 Å². The van der Waals surface area contributed by atoms with Crippen LogP contribution in [0.4, 0.5) is 0 Å². The summed E-state index contributed by atoms with van der Waals surface area (Å²) in [6.45, 7) is 1.07. The monoisotopic (exact) mass is 315 g/mol. The molecule has 124 valence electrons. The van der Waals surface area contributed by atoms with Crippen LogP contribution in [0.15, 0.2) is 12.1 Å². The second-order valence-electron chi connectivity index (χ2n) is 7.38. The molecule has 3 aliphatic rings. The average molecular weight is 315 g/mol. The van der Waals surface area contributed by atoms with Crippen molar-refractivity contribution in [1.82, 2.24) is 4.90 Å². The van der Waals surface area contributed by atoms with E-state index in [1.807, 2.05) is 0 Å². The molecule has 4 nitrogen and oxygen atoms in total. The van der Waals surface area contributed by atoms with Crippen LogP contribution in [-0.4, -0.2) is 44.5 Å². The van der Waals surface area contributed by atoms with Crippen LogP contribution in [0, 0.1) is 5.92 Å². The molecule has 0 radical (unpaired) electrons. The van der Waals surface area contributed by atoms with Crippen LogP contribution in [0.25, 0.3) is 0 Å². The number of piperidine rings is 1. The maximum atomic E-state index is 12.3. The summed E-state index contributed by atoms with van der Waals surface area (Å²) in [7, 11) is 5.60. The molecule has 0 N–H and O–H groups in total. The molecular formula is C19H25NO3. The Morgan fingerprint density at radius 2 is 1.96 bits per heavy atom. The van der Waals surface area contributed by atoms with Gasteiger partial charge in [-0.25, -0.2) is 0 Å². The molecule has 3 atom stereocenters. The van der Waals surface area contributed by atoms with E-state index < -0.39 is 0 Å². The number of benzene rings is 1. The van der Waals surface area contributed by atoms with Gasteiger partial charge in [-0.15, -0.1) is 0 Å². The quantitative estimate of drug-likeness (QED) is 0.841. The molecule has 4 heteroatoms. The van der Waals surface area contributed by atoms with Crippen molar-refractivity contribution >= 4 is 5.78 Å². The van der Waals surface area contributed by atoms with Crippen LogP contribution in [0.5, 0.6) is 11.5 Å². The van der Waals surface area contributed by atoms with Gasteiger partial charge in [-0.1, -0.05) is 0 Å². The summed E-state index contributed by atoms with van der Waals surface area (Å²) in [5, 5.41) is 0. The second kappa shape index (κ2) is 5.23. The second-order valence-corrected chi connectivity index (χ2v) is 7.38. The molecule has 1 aromatic rings. The molecule has 1 heterocycles. The standard InChI is InChI=1S/C19H25NO3/c1-20-7-6-19-11-13(21)4-5-14(19)16(20)8-12-9-17(22-2)18(23-3)10-15(12)19/h9-10,14,16H,4-8,11H2,1-3H3/t14?,16-,19+/m0/s1. The van der Waals surface area contributed by atoms with E-state index in [1.165, 1.54) is 11.1 Å². The molecule has 1 aliphatic heterocycles. The minimum Gasteiger partial charge on any atom is -0.493 e. The minimum atomic E-state index is 0.0135. The smallest absolute Gasteiger partial charge is 0.161 e. The normalized spacial score (nSPS) is 32.9. The van der Waals surface area contributed by atoms with Gasteiger partial charge in [0.05, 0.1) is 14.2 Å². The molecule has 1 aromatic carbocycles. The molecule has 4 rings (SSSR count). The van der Waals surface area contributed by atoms with E-state index in [-0.39, 0.29) is 5.41 Å². The Kier molecular flexibility index (Phi) is 3.41. The Bertz CT molecular complexity index is 656. The number of fused-ring (bicyclic) bond motifs is 1. The third-order valence-electron chi connectivity index (χ3n) is 6.47. The van der Waals surface area contributed by atoms with Gasteiger partial charge in [-0.05, 0) is 62.0 Å². The van der Waals surface area contributed by atoms with Gasteiger partial charge in [0.1, 0.15) is 5.78 Å². The number of nitrogens with zero attached hydrogens (tertiary/aromatic N) is 1. The van der Waals surface area contributed by atoms with E-state index in [4.69, 9.17) is 9.47 Å². The molecule has 1 saturated heterocycles. The number of ketones is 1. The van der Waals surface area contributed by atoms with E-state index in [0.29, 0.717) is 24.2 Å². The highest BCUT2D eigenvalue weighted by molar-refractivity contribution is 5.81. The van der Waals surface area contributed by atoms with Gasteiger partial charge in [0.2, 0.25) is 0 Å². The average Bonchev–Trinajstić information content (AvgIpc) is 2.56. The number of hydrogen-bond donors (Lipinski definition) is 0. The van der Waals surface area contributed by atoms with Crippen molar-refractivity contribution in [3.05, 3.63) is 23.3 Å². The topological polar surface area (TPSA) is 38.8 Å². The van der Waals surface area contributed by atoms with Crippen LogP contribution in [-0.2, 0) is 16.6 Å². The van der Waals surface area contributed by atoms with Gasteiger partial charge < -0.3 is 14.4 Å². The molecule has 1 unspecified atom stereocenters. The van der Waals surface area contributed by atoms with Gasteiger partial charge in [0, 0.05) is 24.3 Å². The van der Waals surface area contributed by atoms with E-state index in [9.17, 15) is 4.79 Å². The number of carbonyl (C=O) groups excluding carboxylic acids is 1. The number of hydrogen-bond acceptors (Lipinski definition) is 4. The third kappa shape index (κ3) is 2.04. The molecule has 23 heavy (non-hydrogen) atoms. The number of Topliss-reactive ketones (excluding diaryl/α,β-unsaturated/α-hetero) is 1. The highest BCUT2D eigenvalue weighted by Crippen LogP contribution is 2.56. The minimum absolute atomic E-state index is 0.0135. The zero-order valence-electron chi connectivity index (χ0n) is 14.2. The van der Waals surface area contributed by atoms with E-state index in [2.05, 4.69) is 24.1 Å². The molecule has 2 fully saturated rings. The zero-order chi connectivity index (χ0) is 16.2. The molecule has 2 bridgehead atoms. The van der Waals surface area contributed by atoms with Crippen LogP contribution < -0.4 is 9.47 Å². The summed E-state index contributed by atoms with van der Waals surface area (Å²) in [4.78, 5) is 14.8. The van der Waals surface area contributed by atoms with E-state index >= 15 is 0 Å². The van der Waals surface area contributed by atoms with Crippen LogP contribution >= 0.6 is 0 Å². The van der Waals surface area contributed by atoms with Gasteiger partial charge in [-0.3, -0.25) is 4.79 Å². The Hall–Kier alpha value is -1.55. The lowest BCUT2D eigenvalue weighted by atomic mass is 9.52. The first kappa shape index (κ1) is 15.0. The molecule has 2 aliphatic carbocycles. The fourth-order valence-electron chi connectivity index (χ4n) is 5.35. The summed E-state index contributed by atoms with van der Waals surface area (Å²) in [6, 6.07) is 4.83. The number of methoxy groups -OCH3 is 2. The molecule has 0 amide bonds. The third-order valence-corrected chi connectivity index (χ3v) is 6.47. The number of rotatable bonds is 2.